The zero-order chi connectivity index (χ0) is 22.2. The van der Waals surface area contributed by atoms with Crippen molar-refractivity contribution in [3.8, 4) is 23.1 Å². The molecule has 4 heterocycles. The maximum Gasteiger partial charge on any atom is 0.269 e. The topological polar surface area (TPSA) is 122 Å². The molecule has 0 spiro atoms. The van der Waals surface area contributed by atoms with E-state index in [0.29, 0.717) is 35.2 Å². The van der Waals surface area contributed by atoms with Crippen LogP contribution >= 0.6 is 0 Å². The zero-order valence-electron chi connectivity index (χ0n) is 17.7. The van der Waals surface area contributed by atoms with Gasteiger partial charge >= 0.3 is 0 Å². The average Bonchev–Trinajstić information content (AvgIpc) is 3.40. The number of carbonyl (C=O) groups excluding carboxylic acids is 1. The highest BCUT2D eigenvalue weighted by Crippen LogP contribution is 2.32. The highest BCUT2D eigenvalue weighted by atomic mass is 16.5. The molecule has 2 N–H and O–H groups in total. The summed E-state index contributed by atoms with van der Waals surface area (Å²) >= 11 is 0. The molecule has 158 valence electrons. The monoisotopic (exact) mass is 418 g/mol. The number of carbonyl (C=O) groups is 1. The van der Waals surface area contributed by atoms with Crippen molar-refractivity contribution >= 4 is 23.0 Å². The first-order chi connectivity index (χ1) is 14.9. The maximum absolute atomic E-state index is 12.1. The number of fused-ring (bicyclic) bond motifs is 2. The number of anilines is 1. The largest absolute Gasteiger partial charge is 0.479 e. The summed E-state index contributed by atoms with van der Waals surface area (Å²) in [5.74, 6) is 0.537. The second-order valence-corrected chi connectivity index (χ2v) is 7.69. The number of imidazole rings is 1. The highest BCUT2D eigenvalue weighted by molar-refractivity contribution is 5.93. The molecule has 0 aliphatic rings. The summed E-state index contributed by atoms with van der Waals surface area (Å²) in [6.45, 7) is 4.07. The van der Waals surface area contributed by atoms with Gasteiger partial charge in [-0.25, -0.2) is 9.50 Å². The Morgan fingerprint density at radius 1 is 1.32 bits per heavy atom. The zero-order valence-corrected chi connectivity index (χ0v) is 17.7. The van der Waals surface area contributed by atoms with Gasteiger partial charge < -0.3 is 15.4 Å². The molecule has 0 atom stereocenters. The van der Waals surface area contributed by atoms with E-state index in [1.54, 1.807) is 29.3 Å². The number of ether oxygens (including phenoxy) is 1. The van der Waals surface area contributed by atoms with E-state index in [2.05, 4.69) is 31.8 Å². The third-order valence-electron chi connectivity index (χ3n) is 4.94. The average molecular weight is 418 g/mol. The van der Waals surface area contributed by atoms with E-state index < -0.39 is 5.41 Å². The summed E-state index contributed by atoms with van der Waals surface area (Å²) in [4.78, 5) is 20.9. The van der Waals surface area contributed by atoms with Crippen LogP contribution in [-0.4, -0.2) is 50.6 Å². The third-order valence-corrected chi connectivity index (χ3v) is 4.94. The predicted molar refractivity (Wildman–Crippen MR) is 115 cm³/mol. The minimum Gasteiger partial charge on any atom is -0.479 e. The number of hydrogen-bond acceptors (Lipinski definition) is 7. The molecule has 0 saturated heterocycles. The number of nitrogens with one attached hydrogen (secondary N) is 2. The van der Waals surface area contributed by atoms with Gasteiger partial charge in [-0.2, -0.15) is 10.2 Å². The highest BCUT2D eigenvalue weighted by Gasteiger charge is 2.20. The number of aromatic nitrogens is 5. The second kappa shape index (κ2) is 7.60. The van der Waals surface area contributed by atoms with E-state index in [9.17, 15) is 10.1 Å². The van der Waals surface area contributed by atoms with Crippen molar-refractivity contribution in [2.45, 2.75) is 13.8 Å². The summed E-state index contributed by atoms with van der Waals surface area (Å²) in [5, 5.41) is 19.4. The number of amides is 1. The molecule has 10 heteroatoms. The summed E-state index contributed by atoms with van der Waals surface area (Å²) in [6, 6.07) is 7.92. The van der Waals surface area contributed by atoms with E-state index in [1.807, 2.05) is 44.4 Å². The molecule has 10 nitrogen and oxygen atoms in total. The molecule has 4 aromatic heterocycles. The van der Waals surface area contributed by atoms with Crippen molar-refractivity contribution in [3.05, 3.63) is 42.5 Å². The molecule has 4 aromatic rings. The van der Waals surface area contributed by atoms with Gasteiger partial charge in [0.25, 0.3) is 5.91 Å². The fraction of sp³-hybridized carbons (Fsp3) is 0.286. The number of nitrogens with zero attached hydrogens (tertiary/aromatic N) is 6. The summed E-state index contributed by atoms with van der Waals surface area (Å²) in [5.41, 5.74) is 2.94. The molecule has 0 radical (unpaired) electrons. The molecular formula is C21H22N8O2. The molecule has 0 saturated carbocycles. The fourth-order valence-electron chi connectivity index (χ4n) is 3.22. The van der Waals surface area contributed by atoms with Crippen LogP contribution < -0.4 is 15.4 Å². The molecular weight excluding hydrogens is 396 g/mol. The summed E-state index contributed by atoms with van der Waals surface area (Å²) in [7, 11) is 3.13. The van der Waals surface area contributed by atoms with Gasteiger partial charge in [-0.05, 0) is 32.0 Å². The molecule has 0 aromatic carbocycles. The molecule has 0 aliphatic carbocycles. The Labute approximate surface area is 178 Å². The Bertz CT molecular complexity index is 1330. The van der Waals surface area contributed by atoms with Gasteiger partial charge in [0.2, 0.25) is 11.8 Å². The first-order valence-corrected chi connectivity index (χ1v) is 9.65. The summed E-state index contributed by atoms with van der Waals surface area (Å²) in [6.07, 6.45) is 5.21. The van der Waals surface area contributed by atoms with Gasteiger partial charge in [0.1, 0.15) is 16.9 Å². The fourth-order valence-corrected chi connectivity index (χ4v) is 3.22. The van der Waals surface area contributed by atoms with Crippen molar-refractivity contribution in [2.24, 2.45) is 5.41 Å². The van der Waals surface area contributed by atoms with Gasteiger partial charge in [0.15, 0.2) is 0 Å². The van der Waals surface area contributed by atoms with E-state index >= 15 is 0 Å². The smallest absolute Gasteiger partial charge is 0.269 e. The lowest BCUT2D eigenvalue weighted by Crippen LogP contribution is -2.22. The number of nitriles is 1. The van der Waals surface area contributed by atoms with Crippen molar-refractivity contribution in [1.82, 2.24) is 29.3 Å². The van der Waals surface area contributed by atoms with Gasteiger partial charge in [0.05, 0.1) is 24.8 Å². The maximum atomic E-state index is 12.1. The SMILES string of the molecule is CNC(=O)c1cnc2ccc(-c3ccn4nc(NCC(C)(C)C#N)nc(OC)c34)cn12. The first kappa shape index (κ1) is 20.2. The predicted octanol–water partition coefficient (Wildman–Crippen LogP) is 2.37. The van der Waals surface area contributed by atoms with Crippen LogP contribution in [0.5, 0.6) is 5.88 Å². The Kier molecular flexibility index (Phi) is 4.94. The van der Waals surface area contributed by atoms with Crippen LogP contribution in [0.3, 0.4) is 0 Å². The Morgan fingerprint density at radius 3 is 2.84 bits per heavy atom. The van der Waals surface area contributed by atoms with Crippen LogP contribution in [0, 0.1) is 16.7 Å². The van der Waals surface area contributed by atoms with E-state index in [1.165, 1.54) is 0 Å². The van der Waals surface area contributed by atoms with Crippen LogP contribution in [0.25, 0.3) is 22.3 Å². The number of methoxy groups -OCH3 is 1. The van der Waals surface area contributed by atoms with Crippen molar-refractivity contribution < 1.29 is 9.53 Å². The lowest BCUT2D eigenvalue weighted by molar-refractivity contribution is 0.0957. The molecule has 31 heavy (non-hydrogen) atoms. The molecule has 0 fully saturated rings. The van der Waals surface area contributed by atoms with Crippen LogP contribution in [-0.2, 0) is 0 Å². The molecule has 4 rings (SSSR count). The van der Waals surface area contributed by atoms with E-state index in [4.69, 9.17) is 4.74 Å². The van der Waals surface area contributed by atoms with Crippen LogP contribution in [0.15, 0.2) is 36.8 Å². The lowest BCUT2D eigenvalue weighted by atomic mass is 9.96. The van der Waals surface area contributed by atoms with E-state index in [0.717, 1.165) is 11.1 Å². The summed E-state index contributed by atoms with van der Waals surface area (Å²) < 4.78 is 8.96. The number of pyridine rings is 1. The van der Waals surface area contributed by atoms with Crippen LogP contribution in [0.1, 0.15) is 24.3 Å². The van der Waals surface area contributed by atoms with Gasteiger partial charge in [-0.1, -0.05) is 0 Å². The molecule has 0 bridgehead atoms. The minimum atomic E-state index is -0.559. The standard InChI is InChI=1S/C21H22N8O2/c1-21(2,11-22)12-25-20-26-19(31-4)17-14(7-8-29(17)27-20)13-5-6-16-24-9-15(18(30)23-3)28(16)10-13/h5-10H,12H2,1-4H3,(H,23,30)(H,25,27). The lowest BCUT2D eigenvalue weighted by Gasteiger charge is -2.16. The Hall–Kier alpha value is -4.13. The quantitative estimate of drug-likeness (QED) is 0.493. The number of hydrogen-bond donors (Lipinski definition) is 2. The number of rotatable bonds is 6. The van der Waals surface area contributed by atoms with Crippen molar-refractivity contribution in [1.29, 1.82) is 5.26 Å². The van der Waals surface area contributed by atoms with Gasteiger partial charge in [-0.3, -0.25) is 9.20 Å². The van der Waals surface area contributed by atoms with Gasteiger partial charge in [-0.15, -0.1) is 5.10 Å². The molecule has 0 aliphatic heterocycles. The third kappa shape index (κ3) is 3.61. The molecule has 1 amide bonds. The molecule has 0 unspecified atom stereocenters. The van der Waals surface area contributed by atoms with Crippen LogP contribution in [0.2, 0.25) is 0 Å². The Balaban J connectivity index is 1.78. The minimum absolute atomic E-state index is 0.219. The van der Waals surface area contributed by atoms with Crippen molar-refractivity contribution in [2.75, 3.05) is 26.0 Å². The second-order valence-electron chi connectivity index (χ2n) is 7.69. The normalized spacial score (nSPS) is 11.5. The Morgan fingerprint density at radius 2 is 2.13 bits per heavy atom. The van der Waals surface area contributed by atoms with Crippen molar-refractivity contribution in [3.63, 3.8) is 0 Å². The first-order valence-electron chi connectivity index (χ1n) is 9.65. The van der Waals surface area contributed by atoms with Gasteiger partial charge in [0, 0.05) is 37.1 Å². The van der Waals surface area contributed by atoms with Crippen LogP contribution in [0.4, 0.5) is 5.95 Å². The van der Waals surface area contributed by atoms with E-state index in [-0.39, 0.29) is 5.91 Å².